The monoisotopic (exact) mass is 568 g/mol. The Morgan fingerprint density at radius 1 is 0.975 bits per heavy atom. The number of methoxy groups -OCH3 is 1. The molecule has 0 aromatic heterocycles. The SMILES string of the molecule is COc1cc(C=Nc2ccc([C@@H]3Nc4ccc(C)cc4[C@@H]4C=CC[C@@H]43)cc2)cc(Cl)c1OCc1ccccc1Cl. The highest BCUT2D eigenvalue weighted by atomic mass is 35.5. The highest BCUT2D eigenvalue weighted by molar-refractivity contribution is 6.32. The van der Waals surface area contributed by atoms with Crippen LogP contribution in [0.2, 0.25) is 10.0 Å². The van der Waals surface area contributed by atoms with Crippen LogP contribution in [0, 0.1) is 12.8 Å². The first-order chi connectivity index (χ1) is 19.5. The molecular formula is C34H30Cl2N2O2. The van der Waals surface area contributed by atoms with E-state index in [4.69, 9.17) is 37.7 Å². The van der Waals surface area contributed by atoms with E-state index >= 15 is 0 Å². The molecule has 6 heteroatoms. The number of ether oxygens (including phenoxy) is 2. The van der Waals surface area contributed by atoms with E-state index in [2.05, 4.69) is 66.9 Å². The molecule has 0 bridgehead atoms. The number of rotatable bonds is 7. The van der Waals surface area contributed by atoms with E-state index in [-0.39, 0.29) is 12.6 Å². The van der Waals surface area contributed by atoms with Gasteiger partial charge in [0.1, 0.15) is 6.61 Å². The molecular weight excluding hydrogens is 539 g/mol. The first kappa shape index (κ1) is 26.5. The van der Waals surface area contributed by atoms with Gasteiger partial charge < -0.3 is 14.8 Å². The lowest BCUT2D eigenvalue weighted by atomic mass is 9.76. The fourth-order valence-corrected chi connectivity index (χ4v) is 6.14. The third-order valence-corrected chi connectivity index (χ3v) is 8.36. The molecule has 0 saturated carbocycles. The van der Waals surface area contributed by atoms with E-state index in [1.807, 2.05) is 36.4 Å². The number of hydrogen-bond donors (Lipinski definition) is 1. The Kier molecular flexibility index (Phi) is 7.55. The summed E-state index contributed by atoms with van der Waals surface area (Å²) in [5.41, 5.74) is 7.77. The number of benzene rings is 4. The maximum absolute atomic E-state index is 6.58. The lowest BCUT2D eigenvalue weighted by molar-refractivity contribution is 0.285. The Labute approximate surface area is 245 Å². The van der Waals surface area contributed by atoms with Crippen LogP contribution in [0.25, 0.3) is 0 Å². The standard InChI is InChI=1S/C34H30Cl2N2O2/c1-21-10-15-31-28(16-21)26-7-5-8-27(26)33(38-31)23-11-13-25(14-12-23)37-19-22-17-30(36)34(32(18-22)39-2)40-20-24-6-3-4-9-29(24)35/h3-7,9-19,26-27,33,38H,8,20H2,1-2H3/t26-,27+,33+/m1/s1. The number of aliphatic imine (C=N–C) groups is 1. The zero-order valence-corrected chi connectivity index (χ0v) is 23.9. The molecule has 4 nitrogen and oxygen atoms in total. The van der Waals surface area contributed by atoms with Crippen molar-refractivity contribution in [1.29, 1.82) is 0 Å². The van der Waals surface area contributed by atoms with Crippen LogP contribution < -0.4 is 14.8 Å². The summed E-state index contributed by atoms with van der Waals surface area (Å²) in [5.74, 6) is 1.98. The molecule has 0 unspecified atom stereocenters. The van der Waals surface area contributed by atoms with Crippen LogP contribution in [0.4, 0.5) is 11.4 Å². The Hall–Kier alpha value is -3.73. The van der Waals surface area contributed by atoms with Crippen molar-refractivity contribution >= 4 is 40.8 Å². The molecule has 3 atom stereocenters. The Balaban J connectivity index is 1.17. The molecule has 0 fully saturated rings. The predicted octanol–water partition coefficient (Wildman–Crippen LogP) is 9.47. The molecule has 0 saturated heterocycles. The summed E-state index contributed by atoms with van der Waals surface area (Å²) in [7, 11) is 1.59. The third-order valence-electron chi connectivity index (χ3n) is 7.71. The van der Waals surface area contributed by atoms with Gasteiger partial charge in [0, 0.05) is 28.4 Å². The molecule has 202 valence electrons. The molecule has 1 N–H and O–H groups in total. The molecule has 1 aliphatic heterocycles. The summed E-state index contributed by atoms with van der Waals surface area (Å²) in [6.45, 7) is 2.45. The lowest BCUT2D eigenvalue weighted by Crippen LogP contribution is -2.29. The van der Waals surface area contributed by atoms with Gasteiger partial charge in [-0.05, 0) is 72.4 Å². The third kappa shape index (κ3) is 5.34. The summed E-state index contributed by atoms with van der Waals surface area (Å²) in [5, 5.41) is 4.90. The van der Waals surface area contributed by atoms with E-state index in [1.54, 1.807) is 13.3 Å². The number of aryl methyl sites for hydroxylation is 1. The van der Waals surface area contributed by atoms with E-state index in [0.29, 0.717) is 33.4 Å². The Morgan fingerprint density at radius 3 is 2.60 bits per heavy atom. The van der Waals surface area contributed by atoms with Crippen LogP contribution in [0.1, 0.15) is 46.2 Å². The van der Waals surface area contributed by atoms with Gasteiger partial charge >= 0.3 is 0 Å². The van der Waals surface area contributed by atoms with Crippen LogP contribution in [0.5, 0.6) is 11.5 Å². The van der Waals surface area contributed by atoms with Crippen molar-refractivity contribution in [2.45, 2.75) is 31.9 Å². The molecule has 0 amide bonds. The molecule has 1 heterocycles. The minimum atomic E-state index is 0.259. The van der Waals surface area contributed by atoms with Gasteiger partial charge in [0.15, 0.2) is 11.5 Å². The van der Waals surface area contributed by atoms with Crippen molar-refractivity contribution in [1.82, 2.24) is 0 Å². The average Bonchev–Trinajstić information content (AvgIpc) is 3.47. The minimum absolute atomic E-state index is 0.259. The van der Waals surface area contributed by atoms with Gasteiger partial charge in [-0.3, -0.25) is 4.99 Å². The molecule has 0 radical (unpaired) electrons. The first-order valence-corrected chi connectivity index (χ1v) is 14.2. The minimum Gasteiger partial charge on any atom is -0.493 e. The number of nitrogens with zero attached hydrogens (tertiary/aromatic N) is 1. The van der Waals surface area contributed by atoms with Gasteiger partial charge in [0.2, 0.25) is 0 Å². The summed E-state index contributed by atoms with van der Waals surface area (Å²) in [4.78, 5) is 4.70. The molecule has 1 aliphatic carbocycles. The van der Waals surface area contributed by atoms with E-state index in [0.717, 1.165) is 23.2 Å². The second kappa shape index (κ2) is 11.4. The molecule has 4 aromatic rings. The van der Waals surface area contributed by atoms with E-state index in [9.17, 15) is 0 Å². The fourth-order valence-electron chi connectivity index (χ4n) is 5.68. The number of hydrogen-bond acceptors (Lipinski definition) is 4. The van der Waals surface area contributed by atoms with Crippen molar-refractivity contribution in [3.63, 3.8) is 0 Å². The second-order valence-electron chi connectivity index (χ2n) is 10.3. The largest absolute Gasteiger partial charge is 0.493 e. The number of fused-ring (bicyclic) bond motifs is 3. The van der Waals surface area contributed by atoms with Crippen molar-refractivity contribution in [3.05, 3.63) is 129 Å². The predicted molar refractivity (Wildman–Crippen MR) is 165 cm³/mol. The number of nitrogens with one attached hydrogen (secondary N) is 1. The topological polar surface area (TPSA) is 42.8 Å². The van der Waals surface area contributed by atoms with Crippen molar-refractivity contribution in [2.75, 3.05) is 12.4 Å². The zero-order valence-electron chi connectivity index (χ0n) is 22.4. The molecule has 2 aliphatic rings. The maximum Gasteiger partial charge on any atom is 0.180 e. The number of halogens is 2. The number of allylic oxidation sites excluding steroid dienone is 2. The average molecular weight is 570 g/mol. The van der Waals surface area contributed by atoms with Gasteiger partial charge in [-0.15, -0.1) is 0 Å². The quantitative estimate of drug-likeness (QED) is 0.178. The Morgan fingerprint density at radius 2 is 1.80 bits per heavy atom. The highest BCUT2D eigenvalue weighted by Crippen LogP contribution is 2.50. The molecule has 4 aromatic carbocycles. The van der Waals surface area contributed by atoms with Crippen LogP contribution in [0.3, 0.4) is 0 Å². The van der Waals surface area contributed by atoms with Gasteiger partial charge in [0.25, 0.3) is 0 Å². The van der Waals surface area contributed by atoms with E-state index in [1.165, 1.54) is 22.4 Å². The maximum atomic E-state index is 6.58. The highest BCUT2D eigenvalue weighted by Gasteiger charge is 2.37. The van der Waals surface area contributed by atoms with Crippen LogP contribution in [0.15, 0.2) is 96.0 Å². The summed E-state index contributed by atoms with van der Waals surface area (Å²) in [6.07, 6.45) is 7.57. The molecule has 6 rings (SSSR count). The Bertz CT molecular complexity index is 1600. The van der Waals surface area contributed by atoms with Crippen molar-refractivity contribution in [3.8, 4) is 11.5 Å². The summed E-state index contributed by atoms with van der Waals surface area (Å²) < 4.78 is 11.5. The van der Waals surface area contributed by atoms with E-state index < -0.39 is 0 Å². The first-order valence-electron chi connectivity index (χ1n) is 13.4. The molecule has 40 heavy (non-hydrogen) atoms. The van der Waals surface area contributed by atoms with Gasteiger partial charge in [-0.1, -0.05) is 83.4 Å². The molecule has 0 spiro atoms. The van der Waals surface area contributed by atoms with Crippen molar-refractivity contribution < 1.29 is 9.47 Å². The second-order valence-corrected chi connectivity index (χ2v) is 11.1. The van der Waals surface area contributed by atoms with Crippen LogP contribution in [-0.2, 0) is 6.61 Å². The van der Waals surface area contributed by atoms with Gasteiger partial charge in [-0.2, -0.15) is 0 Å². The lowest BCUT2D eigenvalue weighted by Gasteiger charge is -2.37. The smallest absolute Gasteiger partial charge is 0.180 e. The summed E-state index contributed by atoms with van der Waals surface area (Å²) in [6, 6.07) is 26.7. The van der Waals surface area contributed by atoms with Gasteiger partial charge in [-0.25, -0.2) is 0 Å². The zero-order chi connectivity index (χ0) is 27.6. The summed E-state index contributed by atoms with van der Waals surface area (Å²) >= 11 is 12.8. The van der Waals surface area contributed by atoms with Gasteiger partial charge in [0.05, 0.1) is 23.9 Å². The normalized spacial score (nSPS) is 19.2. The number of anilines is 1. The fraction of sp³-hybridized carbons (Fsp3) is 0.206. The van der Waals surface area contributed by atoms with Crippen molar-refractivity contribution in [2.24, 2.45) is 10.9 Å². The van der Waals surface area contributed by atoms with Crippen LogP contribution >= 0.6 is 23.2 Å². The van der Waals surface area contributed by atoms with Crippen LogP contribution in [-0.4, -0.2) is 13.3 Å².